The molecular formula is C24H29ClN4O3. The van der Waals surface area contributed by atoms with Crippen LogP contribution in [0.5, 0.6) is 0 Å². The van der Waals surface area contributed by atoms with Gasteiger partial charge >= 0.3 is 5.97 Å². The molecule has 32 heavy (non-hydrogen) atoms. The number of aryl methyl sites for hydroxylation is 1. The number of nitrogens with zero attached hydrogens (tertiary/aromatic N) is 4. The van der Waals surface area contributed by atoms with E-state index in [1.807, 2.05) is 59.1 Å². The first-order chi connectivity index (χ1) is 15.5. The fourth-order valence-corrected chi connectivity index (χ4v) is 4.83. The quantitative estimate of drug-likeness (QED) is 0.620. The van der Waals surface area contributed by atoms with Crippen molar-refractivity contribution in [3.63, 3.8) is 0 Å². The zero-order chi connectivity index (χ0) is 22.7. The molecule has 7 nitrogen and oxygen atoms in total. The van der Waals surface area contributed by atoms with Gasteiger partial charge in [-0.2, -0.15) is 5.10 Å². The van der Waals surface area contributed by atoms with Crippen LogP contribution in [-0.4, -0.2) is 57.8 Å². The minimum Gasteiger partial charge on any atom is -0.465 e. The van der Waals surface area contributed by atoms with E-state index in [9.17, 15) is 9.59 Å². The molecule has 2 aliphatic heterocycles. The van der Waals surface area contributed by atoms with E-state index in [0.717, 1.165) is 29.8 Å². The van der Waals surface area contributed by atoms with Crippen LogP contribution >= 0.6 is 11.6 Å². The molecule has 1 aromatic heterocycles. The molecule has 4 rings (SSSR count). The minimum atomic E-state index is -0.379. The third-order valence-electron chi connectivity index (χ3n) is 6.19. The lowest BCUT2D eigenvalue weighted by Gasteiger charge is -2.34. The molecule has 3 heterocycles. The molecule has 2 aliphatic rings. The molecule has 0 N–H and O–H groups in total. The van der Waals surface area contributed by atoms with Gasteiger partial charge in [-0.25, -0.2) is 5.01 Å². The Bertz CT molecular complexity index is 1020. The van der Waals surface area contributed by atoms with Crippen LogP contribution in [0.25, 0.3) is 0 Å². The number of ether oxygens (including phenoxy) is 1. The van der Waals surface area contributed by atoms with Crippen LogP contribution in [0, 0.1) is 0 Å². The third kappa shape index (κ3) is 4.59. The first-order valence-electron chi connectivity index (χ1n) is 11.2. The van der Waals surface area contributed by atoms with Gasteiger partial charge in [0, 0.05) is 35.9 Å². The monoisotopic (exact) mass is 456 g/mol. The molecule has 0 unspecified atom stereocenters. The number of benzene rings is 1. The van der Waals surface area contributed by atoms with Crippen molar-refractivity contribution in [2.24, 2.45) is 12.1 Å². The first kappa shape index (κ1) is 22.6. The van der Waals surface area contributed by atoms with E-state index < -0.39 is 0 Å². The molecule has 8 heteroatoms. The van der Waals surface area contributed by atoms with Crippen molar-refractivity contribution >= 4 is 29.2 Å². The Morgan fingerprint density at radius 3 is 2.72 bits per heavy atom. The predicted molar refractivity (Wildman–Crippen MR) is 123 cm³/mol. The summed E-state index contributed by atoms with van der Waals surface area (Å²) in [5.41, 5.74) is 2.63. The normalized spacial score (nSPS) is 21.5. The second-order valence-corrected chi connectivity index (χ2v) is 8.67. The zero-order valence-corrected chi connectivity index (χ0v) is 19.3. The lowest BCUT2D eigenvalue weighted by Crippen LogP contribution is -2.49. The van der Waals surface area contributed by atoms with Crippen molar-refractivity contribution in [1.29, 1.82) is 0 Å². The Morgan fingerprint density at radius 2 is 2.00 bits per heavy atom. The van der Waals surface area contributed by atoms with E-state index in [1.54, 1.807) is 11.9 Å². The van der Waals surface area contributed by atoms with Gasteiger partial charge in [-0.3, -0.25) is 14.5 Å². The van der Waals surface area contributed by atoms with Crippen molar-refractivity contribution < 1.29 is 14.3 Å². The fraction of sp³-hybridized carbons (Fsp3) is 0.458. The predicted octanol–water partition coefficient (Wildman–Crippen LogP) is 3.77. The highest BCUT2D eigenvalue weighted by atomic mass is 35.5. The SMILES string of the molecule is CCOC(=O)[C@H]1CCCCN1CC(=O)N1N=C(c2ccccc2Cl)C[C@@H]1c1cccn1C. The first-order valence-corrected chi connectivity index (χ1v) is 11.5. The number of hydrogen-bond acceptors (Lipinski definition) is 5. The second kappa shape index (κ2) is 9.88. The molecule has 170 valence electrons. The average molecular weight is 457 g/mol. The van der Waals surface area contributed by atoms with E-state index in [0.29, 0.717) is 31.0 Å². The number of amides is 1. The van der Waals surface area contributed by atoms with Crippen LogP contribution < -0.4 is 0 Å². The molecule has 1 saturated heterocycles. The Morgan fingerprint density at radius 1 is 1.19 bits per heavy atom. The number of hydrazone groups is 1. The lowest BCUT2D eigenvalue weighted by molar-refractivity contribution is -0.152. The Hall–Kier alpha value is -2.64. The van der Waals surface area contributed by atoms with Gasteiger partial charge in [0.2, 0.25) is 0 Å². The number of halogens is 1. The van der Waals surface area contributed by atoms with Crippen molar-refractivity contribution in [1.82, 2.24) is 14.5 Å². The summed E-state index contributed by atoms with van der Waals surface area (Å²) >= 11 is 6.43. The number of esters is 1. The van der Waals surface area contributed by atoms with E-state index >= 15 is 0 Å². The maximum Gasteiger partial charge on any atom is 0.323 e. The summed E-state index contributed by atoms with van der Waals surface area (Å²) in [5, 5.41) is 6.92. The van der Waals surface area contributed by atoms with Crippen LogP contribution in [0.2, 0.25) is 5.02 Å². The number of piperidine rings is 1. The van der Waals surface area contributed by atoms with Crippen LogP contribution in [0.15, 0.2) is 47.7 Å². The summed E-state index contributed by atoms with van der Waals surface area (Å²) in [6, 6.07) is 10.9. The lowest BCUT2D eigenvalue weighted by atomic mass is 10.0. The van der Waals surface area contributed by atoms with Crippen LogP contribution in [0.3, 0.4) is 0 Å². The number of aromatic nitrogens is 1. The van der Waals surface area contributed by atoms with Crippen LogP contribution in [0.1, 0.15) is 49.9 Å². The van der Waals surface area contributed by atoms with Crippen molar-refractivity contribution in [2.75, 3.05) is 19.7 Å². The smallest absolute Gasteiger partial charge is 0.323 e. The largest absolute Gasteiger partial charge is 0.465 e. The van der Waals surface area contributed by atoms with Gasteiger partial charge in [0.25, 0.3) is 5.91 Å². The summed E-state index contributed by atoms with van der Waals surface area (Å²) in [5.74, 6) is -0.380. The fourth-order valence-electron chi connectivity index (χ4n) is 4.58. The number of hydrogen-bond donors (Lipinski definition) is 0. The van der Waals surface area contributed by atoms with Gasteiger partial charge in [0.05, 0.1) is 18.9 Å². The van der Waals surface area contributed by atoms with Crippen LogP contribution in [-0.2, 0) is 21.4 Å². The standard InChI is InChI=1S/C24H29ClN4O3/c1-3-32-24(31)21-11-6-7-14-28(21)16-23(30)29-22(20-12-8-13-27(20)2)15-19(26-29)17-9-4-5-10-18(17)25/h4-5,8-10,12-13,21-22H,3,6-7,11,14-16H2,1-2H3/t21-,22-/m1/s1. The summed E-state index contributed by atoms with van der Waals surface area (Å²) in [7, 11) is 1.97. The van der Waals surface area contributed by atoms with Gasteiger partial charge in [0.15, 0.2) is 0 Å². The second-order valence-electron chi connectivity index (χ2n) is 8.26. The summed E-state index contributed by atoms with van der Waals surface area (Å²) in [4.78, 5) is 27.9. The zero-order valence-electron chi connectivity index (χ0n) is 18.5. The molecule has 0 radical (unpaired) electrons. The molecule has 0 aliphatic carbocycles. The Labute approximate surface area is 193 Å². The maximum atomic E-state index is 13.5. The van der Waals surface area contributed by atoms with E-state index in [4.69, 9.17) is 21.4 Å². The van der Waals surface area contributed by atoms with E-state index in [1.165, 1.54) is 0 Å². The van der Waals surface area contributed by atoms with Gasteiger partial charge in [-0.1, -0.05) is 36.2 Å². The molecule has 0 bridgehead atoms. The minimum absolute atomic E-state index is 0.129. The molecule has 1 amide bonds. The Balaban J connectivity index is 1.60. The van der Waals surface area contributed by atoms with Crippen molar-refractivity contribution in [3.05, 3.63) is 58.9 Å². The van der Waals surface area contributed by atoms with Gasteiger partial charge in [-0.15, -0.1) is 0 Å². The van der Waals surface area contributed by atoms with Gasteiger partial charge in [-0.05, 0) is 44.5 Å². The topological polar surface area (TPSA) is 67.1 Å². The Kier molecular flexibility index (Phi) is 6.96. The van der Waals surface area contributed by atoms with Crippen LogP contribution in [0.4, 0.5) is 0 Å². The van der Waals surface area contributed by atoms with E-state index in [2.05, 4.69) is 0 Å². The van der Waals surface area contributed by atoms with Crippen molar-refractivity contribution in [3.8, 4) is 0 Å². The summed E-state index contributed by atoms with van der Waals surface area (Å²) < 4.78 is 7.26. The molecule has 0 saturated carbocycles. The number of rotatable bonds is 6. The average Bonchev–Trinajstić information content (AvgIpc) is 3.40. The number of carbonyl (C=O) groups excluding carboxylic acids is 2. The molecule has 0 spiro atoms. The van der Waals surface area contributed by atoms with Gasteiger partial charge < -0.3 is 9.30 Å². The molecular weight excluding hydrogens is 428 g/mol. The van der Waals surface area contributed by atoms with Crippen molar-refractivity contribution in [2.45, 2.75) is 44.7 Å². The molecule has 2 aromatic rings. The summed E-state index contributed by atoms with van der Waals surface area (Å²) in [6.07, 6.45) is 5.17. The number of carbonyl (C=O) groups is 2. The summed E-state index contributed by atoms with van der Waals surface area (Å²) in [6.45, 7) is 2.96. The maximum absolute atomic E-state index is 13.5. The highest BCUT2D eigenvalue weighted by Crippen LogP contribution is 2.34. The molecule has 1 fully saturated rings. The highest BCUT2D eigenvalue weighted by molar-refractivity contribution is 6.34. The van der Waals surface area contributed by atoms with Gasteiger partial charge in [0.1, 0.15) is 12.1 Å². The van der Waals surface area contributed by atoms with E-state index in [-0.39, 0.29) is 30.5 Å². The third-order valence-corrected chi connectivity index (χ3v) is 6.52. The highest BCUT2D eigenvalue weighted by Gasteiger charge is 2.38. The number of likely N-dealkylation sites (tertiary alicyclic amines) is 1. The molecule has 1 aromatic carbocycles. The molecule has 2 atom stereocenters.